The van der Waals surface area contributed by atoms with Crippen LogP contribution in [-0.4, -0.2) is 0 Å². The maximum absolute atomic E-state index is 2.34. The molecule has 1 atom stereocenters. The normalized spacial score (nSPS) is 18.4. The Balaban J connectivity index is 2.01. The van der Waals surface area contributed by atoms with Gasteiger partial charge in [-0.1, -0.05) is 78.9 Å². The second-order valence-corrected chi connectivity index (χ2v) is 4.58. The lowest BCUT2D eigenvalue weighted by molar-refractivity contribution is 1.06. The summed E-state index contributed by atoms with van der Waals surface area (Å²) in [5.74, 6) is 0.391. The summed E-state index contributed by atoms with van der Waals surface area (Å²) in [7, 11) is 0. The molecule has 0 aromatic heterocycles. The van der Waals surface area contributed by atoms with Gasteiger partial charge in [0.1, 0.15) is 0 Å². The van der Waals surface area contributed by atoms with Crippen LogP contribution in [0.25, 0.3) is 5.57 Å². The zero-order chi connectivity index (χ0) is 12.2. The van der Waals surface area contributed by atoms with Crippen LogP contribution in [0, 0.1) is 0 Å². The molecule has 1 aliphatic rings. The summed E-state index contributed by atoms with van der Waals surface area (Å²) < 4.78 is 0. The molecule has 0 saturated carbocycles. The summed E-state index contributed by atoms with van der Waals surface area (Å²) in [4.78, 5) is 0. The van der Waals surface area contributed by atoms with Gasteiger partial charge < -0.3 is 0 Å². The maximum atomic E-state index is 2.34. The third-order valence-corrected chi connectivity index (χ3v) is 3.40. The SMILES string of the molecule is C1=CC(c2ccccc2)C(c2ccccc2)=CC1. The van der Waals surface area contributed by atoms with E-state index in [1.54, 1.807) is 0 Å². The van der Waals surface area contributed by atoms with Gasteiger partial charge in [-0.15, -0.1) is 0 Å². The van der Waals surface area contributed by atoms with Gasteiger partial charge in [-0.25, -0.2) is 0 Å². The molecule has 0 N–H and O–H groups in total. The first-order chi connectivity index (χ1) is 8.95. The van der Waals surface area contributed by atoms with Crippen molar-refractivity contribution >= 4 is 5.57 Å². The van der Waals surface area contributed by atoms with Crippen molar-refractivity contribution in [3.05, 3.63) is 90.0 Å². The van der Waals surface area contributed by atoms with Gasteiger partial charge in [0.05, 0.1) is 0 Å². The van der Waals surface area contributed by atoms with Crippen molar-refractivity contribution in [1.29, 1.82) is 0 Å². The topological polar surface area (TPSA) is 0 Å². The average Bonchev–Trinajstić information content (AvgIpc) is 2.49. The predicted molar refractivity (Wildman–Crippen MR) is 77.4 cm³/mol. The lowest BCUT2D eigenvalue weighted by atomic mass is 9.83. The number of hydrogen-bond acceptors (Lipinski definition) is 0. The van der Waals surface area contributed by atoms with Gasteiger partial charge in [0.2, 0.25) is 0 Å². The lowest BCUT2D eigenvalue weighted by Crippen LogP contribution is -2.02. The molecule has 0 aliphatic heterocycles. The van der Waals surface area contributed by atoms with Crippen LogP contribution in [0.15, 0.2) is 78.9 Å². The van der Waals surface area contributed by atoms with E-state index in [2.05, 4.69) is 78.9 Å². The molecule has 1 unspecified atom stereocenters. The first kappa shape index (κ1) is 11.0. The molecule has 0 radical (unpaired) electrons. The van der Waals surface area contributed by atoms with Crippen LogP contribution < -0.4 is 0 Å². The van der Waals surface area contributed by atoms with Gasteiger partial charge in [0.15, 0.2) is 0 Å². The van der Waals surface area contributed by atoms with Gasteiger partial charge >= 0.3 is 0 Å². The van der Waals surface area contributed by atoms with E-state index in [0.29, 0.717) is 5.92 Å². The fourth-order valence-corrected chi connectivity index (χ4v) is 2.52. The molecular weight excluding hydrogens is 216 g/mol. The molecule has 0 nitrogen and oxygen atoms in total. The van der Waals surface area contributed by atoms with Gasteiger partial charge in [-0.3, -0.25) is 0 Å². The van der Waals surface area contributed by atoms with Crippen molar-refractivity contribution < 1.29 is 0 Å². The predicted octanol–water partition coefficient (Wildman–Crippen LogP) is 4.81. The van der Waals surface area contributed by atoms with Gasteiger partial charge in [0, 0.05) is 5.92 Å². The Labute approximate surface area is 108 Å². The molecule has 0 bridgehead atoms. The number of hydrogen-bond donors (Lipinski definition) is 0. The van der Waals surface area contributed by atoms with Gasteiger partial charge in [-0.05, 0) is 23.1 Å². The number of allylic oxidation sites excluding steroid dienone is 4. The van der Waals surface area contributed by atoms with Crippen LogP contribution in [0.1, 0.15) is 23.5 Å². The zero-order valence-electron chi connectivity index (χ0n) is 10.3. The molecule has 2 aromatic carbocycles. The lowest BCUT2D eigenvalue weighted by Gasteiger charge is -2.21. The smallest absolute Gasteiger partial charge is 0.0272 e. The summed E-state index contributed by atoms with van der Waals surface area (Å²) in [5, 5.41) is 0. The molecular formula is C18H16. The summed E-state index contributed by atoms with van der Waals surface area (Å²) in [6, 6.07) is 21.4. The Morgan fingerprint density at radius 1 is 0.778 bits per heavy atom. The van der Waals surface area contributed by atoms with Crippen molar-refractivity contribution in [1.82, 2.24) is 0 Å². The highest BCUT2D eigenvalue weighted by Gasteiger charge is 2.16. The van der Waals surface area contributed by atoms with E-state index in [-0.39, 0.29) is 0 Å². The Hall–Kier alpha value is -2.08. The average molecular weight is 232 g/mol. The molecule has 0 fully saturated rings. The van der Waals surface area contributed by atoms with Crippen LogP contribution in [0.2, 0.25) is 0 Å². The second-order valence-electron chi connectivity index (χ2n) is 4.58. The molecule has 0 heteroatoms. The largest absolute Gasteiger partial charge is 0.0838 e. The highest BCUT2D eigenvalue weighted by Crippen LogP contribution is 2.35. The van der Waals surface area contributed by atoms with Crippen molar-refractivity contribution in [2.24, 2.45) is 0 Å². The Morgan fingerprint density at radius 2 is 1.44 bits per heavy atom. The molecule has 0 heterocycles. The zero-order valence-corrected chi connectivity index (χ0v) is 10.3. The van der Waals surface area contributed by atoms with Crippen molar-refractivity contribution in [2.45, 2.75) is 12.3 Å². The van der Waals surface area contributed by atoms with E-state index in [9.17, 15) is 0 Å². The van der Waals surface area contributed by atoms with E-state index < -0.39 is 0 Å². The van der Waals surface area contributed by atoms with Crippen LogP contribution >= 0.6 is 0 Å². The van der Waals surface area contributed by atoms with E-state index in [1.165, 1.54) is 16.7 Å². The molecule has 0 spiro atoms. The summed E-state index contributed by atoms with van der Waals surface area (Å²) in [6.07, 6.45) is 7.95. The van der Waals surface area contributed by atoms with E-state index in [4.69, 9.17) is 0 Å². The minimum atomic E-state index is 0.391. The minimum Gasteiger partial charge on any atom is -0.0838 e. The fourth-order valence-electron chi connectivity index (χ4n) is 2.52. The van der Waals surface area contributed by atoms with Gasteiger partial charge in [-0.2, -0.15) is 0 Å². The van der Waals surface area contributed by atoms with E-state index in [0.717, 1.165) is 6.42 Å². The molecule has 0 amide bonds. The second kappa shape index (κ2) is 5.05. The minimum absolute atomic E-state index is 0.391. The third-order valence-electron chi connectivity index (χ3n) is 3.40. The summed E-state index contributed by atoms with van der Waals surface area (Å²) in [5.41, 5.74) is 4.11. The fraction of sp³-hybridized carbons (Fsp3) is 0.111. The summed E-state index contributed by atoms with van der Waals surface area (Å²) in [6.45, 7) is 0. The Bertz CT molecular complexity index is 562. The summed E-state index contributed by atoms with van der Waals surface area (Å²) >= 11 is 0. The standard InChI is InChI=1S/C18H16/c1-3-9-15(10-4-1)17-13-7-8-14-18(17)16-11-5-2-6-12-16/h1-7,9-14,17H,8H2. The molecule has 1 aliphatic carbocycles. The highest BCUT2D eigenvalue weighted by atomic mass is 14.2. The van der Waals surface area contributed by atoms with Gasteiger partial charge in [0.25, 0.3) is 0 Å². The van der Waals surface area contributed by atoms with Crippen molar-refractivity contribution in [3.8, 4) is 0 Å². The molecule has 0 saturated heterocycles. The van der Waals surface area contributed by atoms with E-state index in [1.807, 2.05) is 0 Å². The number of benzene rings is 2. The first-order valence-corrected chi connectivity index (χ1v) is 6.42. The molecule has 2 aromatic rings. The molecule has 3 rings (SSSR count). The molecule has 88 valence electrons. The number of rotatable bonds is 2. The first-order valence-electron chi connectivity index (χ1n) is 6.42. The van der Waals surface area contributed by atoms with Crippen LogP contribution in [0.3, 0.4) is 0 Å². The van der Waals surface area contributed by atoms with Crippen LogP contribution in [0.5, 0.6) is 0 Å². The highest BCUT2D eigenvalue weighted by molar-refractivity contribution is 5.74. The Kier molecular flexibility index (Phi) is 3.10. The van der Waals surface area contributed by atoms with Crippen molar-refractivity contribution in [2.75, 3.05) is 0 Å². The van der Waals surface area contributed by atoms with Crippen molar-refractivity contribution in [3.63, 3.8) is 0 Å². The Morgan fingerprint density at radius 3 is 2.17 bits per heavy atom. The third kappa shape index (κ3) is 2.14. The molecule has 18 heavy (non-hydrogen) atoms. The quantitative estimate of drug-likeness (QED) is 0.651. The van der Waals surface area contributed by atoms with Crippen LogP contribution in [0.4, 0.5) is 0 Å². The maximum Gasteiger partial charge on any atom is 0.0272 e. The van der Waals surface area contributed by atoms with E-state index >= 15 is 0 Å². The monoisotopic (exact) mass is 232 g/mol. The van der Waals surface area contributed by atoms with Crippen LogP contribution in [-0.2, 0) is 0 Å².